The molecule has 0 aliphatic carbocycles. The molecule has 0 saturated heterocycles. The number of aliphatic hydroxyl groups is 1. The maximum absolute atomic E-state index is 8.67. The van der Waals surface area contributed by atoms with E-state index in [0.717, 1.165) is 18.5 Å². The number of nitrogens with zero attached hydrogens (tertiary/aromatic N) is 2. The highest BCUT2D eigenvalue weighted by atomic mass is 16.2. The zero-order valence-electron chi connectivity index (χ0n) is 8.70. The Morgan fingerprint density at radius 1 is 1.57 bits per heavy atom. The van der Waals surface area contributed by atoms with Crippen LogP contribution in [0.25, 0.3) is 0 Å². The van der Waals surface area contributed by atoms with E-state index in [9.17, 15) is 0 Å². The second-order valence-corrected chi connectivity index (χ2v) is 3.43. The Morgan fingerprint density at radius 3 is 3.00 bits per heavy atom. The maximum atomic E-state index is 8.67. The van der Waals surface area contributed by atoms with E-state index in [-0.39, 0.29) is 6.61 Å². The van der Waals surface area contributed by atoms with Crippen molar-refractivity contribution < 1.29 is 5.11 Å². The molecule has 1 rings (SSSR count). The van der Waals surface area contributed by atoms with E-state index in [1.54, 1.807) is 6.20 Å². The summed E-state index contributed by atoms with van der Waals surface area (Å²) in [6, 6.07) is 2.16. The smallest absolute Gasteiger partial charge is 0.223 e. The molecule has 1 aromatic heterocycles. The van der Waals surface area contributed by atoms with Gasteiger partial charge in [0.25, 0.3) is 0 Å². The molecule has 14 heavy (non-hydrogen) atoms. The molecule has 78 valence electrons. The van der Waals surface area contributed by atoms with Crippen LogP contribution in [0.5, 0.6) is 0 Å². The van der Waals surface area contributed by atoms with Crippen LogP contribution in [0.3, 0.4) is 0 Å². The van der Waals surface area contributed by atoms with Crippen molar-refractivity contribution in [3.63, 3.8) is 0 Å². The SMILES string of the molecule is Cc1ccnc(NC(C)CCCO)n1. The second kappa shape index (κ2) is 5.54. The van der Waals surface area contributed by atoms with Gasteiger partial charge in [-0.1, -0.05) is 0 Å². The number of aromatic nitrogens is 2. The lowest BCUT2D eigenvalue weighted by atomic mass is 10.2. The van der Waals surface area contributed by atoms with Gasteiger partial charge in [-0.15, -0.1) is 0 Å². The number of hydrogen-bond acceptors (Lipinski definition) is 4. The zero-order valence-corrected chi connectivity index (χ0v) is 8.70. The maximum Gasteiger partial charge on any atom is 0.223 e. The predicted molar refractivity (Wildman–Crippen MR) is 56.2 cm³/mol. The predicted octanol–water partition coefficient (Wildman–Crippen LogP) is 1.36. The van der Waals surface area contributed by atoms with E-state index < -0.39 is 0 Å². The standard InChI is InChI=1S/C10H17N3O/c1-8(4-3-7-14)12-10-11-6-5-9(2)13-10/h5-6,8,14H,3-4,7H2,1-2H3,(H,11,12,13). The Balaban J connectivity index is 2.43. The van der Waals surface area contributed by atoms with Crippen LogP contribution in [0.2, 0.25) is 0 Å². The molecule has 2 N–H and O–H groups in total. The molecule has 1 unspecified atom stereocenters. The fraction of sp³-hybridized carbons (Fsp3) is 0.600. The van der Waals surface area contributed by atoms with Crippen molar-refractivity contribution in [1.29, 1.82) is 0 Å². The third kappa shape index (κ3) is 3.70. The Bertz CT molecular complexity index is 278. The molecule has 4 nitrogen and oxygen atoms in total. The number of aryl methyl sites for hydroxylation is 1. The van der Waals surface area contributed by atoms with Crippen molar-refractivity contribution in [2.24, 2.45) is 0 Å². The highest BCUT2D eigenvalue weighted by Crippen LogP contribution is 2.04. The van der Waals surface area contributed by atoms with Crippen LogP contribution in [0.1, 0.15) is 25.5 Å². The average Bonchev–Trinajstić information content (AvgIpc) is 2.15. The molecule has 0 aliphatic rings. The summed E-state index contributed by atoms with van der Waals surface area (Å²) in [7, 11) is 0. The first-order valence-corrected chi connectivity index (χ1v) is 4.89. The molecule has 0 spiro atoms. The summed E-state index contributed by atoms with van der Waals surface area (Å²) in [5.41, 5.74) is 0.955. The Morgan fingerprint density at radius 2 is 2.36 bits per heavy atom. The van der Waals surface area contributed by atoms with Crippen LogP contribution in [0, 0.1) is 6.92 Å². The largest absolute Gasteiger partial charge is 0.396 e. The van der Waals surface area contributed by atoms with Crippen LogP contribution in [0.15, 0.2) is 12.3 Å². The van der Waals surface area contributed by atoms with Crippen LogP contribution < -0.4 is 5.32 Å². The first-order valence-electron chi connectivity index (χ1n) is 4.89. The second-order valence-electron chi connectivity index (χ2n) is 3.43. The van der Waals surface area contributed by atoms with Gasteiger partial charge in [0.1, 0.15) is 0 Å². The summed E-state index contributed by atoms with van der Waals surface area (Å²) in [5.74, 6) is 0.662. The number of nitrogens with one attached hydrogen (secondary N) is 1. The normalized spacial score (nSPS) is 12.5. The van der Waals surface area contributed by atoms with Gasteiger partial charge in [0, 0.05) is 24.5 Å². The minimum Gasteiger partial charge on any atom is -0.396 e. The summed E-state index contributed by atoms with van der Waals surface area (Å²) in [5, 5.41) is 11.9. The summed E-state index contributed by atoms with van der Waals surface area (Å²) in [6.07, 6.45) is 3.47. The topological polar surface area (TPSA) is 58.0 Å². The summed E-state index contributed by atoms with van der Waals surface area (Å²) in [4.78, 5) is 8.34. The molecule has 0 aromatic carbocycles. The third-order valence-electron chi connectivity index (χ3n) is 1.97. The molecule has 1 atom stereocenters. The monoisotopic (exact) mass is 195 g/mol. The molecule has 0 fully saturated rings. The lowest BCUT2D eigenvalue weighted by molar-refractivity contribution is 0.282. The number of anilines is 1. The van der Waals surface area contributed by atoms with E-state index in [1.165, 1.54) is 0 Å². The first kappa shape index (κ1) is 10.9. The fourth-order valence-corrected chi connectivity index (χ4v) is 1.21. The zero-order chi connectivity index (χ0) is 10.4. The molecule has 0 bridgehead atoms. The van der Waals surface area contributed by atoms with Crippen LogP contribution in [0.4, 0.5) is 5.95 Å². The van der Waals surface area contributed by atoms with Crippen LogP contribution in [-0.4, -0.2) is 27.7 Å². The third-order valence-corrected chi connectivity index (χ3v) is 1.97. The van der Waals surface area contributed by atoms with Gasteiger partial charge in [-0.05, 0) is 32.8 Å². The van der Waals surface area contributed by atoms with Gasteiger partial charge in [0.05, 0.1) is 0 Å². The highest BCUT2D eigenvalue weighted by molar-refractivity contribution is 5.25. The van der Waals surface area contributed by atoms with Crippen molar-refractivity contribution in [3.05, 3.63) is 18.0 Å². The van der Waals surface area contributed by atoms with Crippen molar-refractivity contribution in [3.8, 4) is 0 Å². The fourth-order valence-electron chi connectivity index (χ4n) is 1.21. The minimum atomic E-state index is 0.237. The summed E-state index contributed by atoms with van der Waals surface area (Å²) < 4.78 is 0. The van der Waals surface area contributed by atoms with E-state index >= 15 is 0 Å². The number of aliphatic hydroxyl groups excluding tert-OH is 1. The average molecular weight is 195 g/mol. The molecule has 1 heterocycles. The van der Waals surface area contributed by atoms with Crippen LogP contribution in [-0.2, 0) is 0 Å². The van der Waals surface area contributed by atoms with Crippen molar-refractivity contribution in [1.82, 2.24) is 9.97 Å². The molecule has 0 saturated carbocycles. The van der Waals surface area contributed by atoms with E-state index in [1.807, 2.05) is 13.0 Å². The lowest BCUT2D eigenvalue weighted by Crippen LogP contribution is -2.17. The lowest BCUT2D eigenvalue weighted by Gasteiger charge is -2.12. The summed E-state index contributed by atoms with van der Waals surface area (Å²) in [6.45, 7) is 4.23. The van der Waals surface area contributed by atoms with Gasteiger partial charge in [-0.25, -0.2) is 9.97 Å². The van der Waals surface area contributed by atoms with Gasteiger partial charge < -0.3 is 10.4 Å². The summed E-state index contributed by atoms with van der Waals surface area (Å²) >= 11 is 0. The van der Waals surface area contributed by atoms with Crippen molar-refractivity contribution >= 4 is 5.95 Å². The van der Waals surface area contributed by atoms with Gasteiger partial charge in [0.2, 0.25) is 5.95 Å². The van der Waals surface area contributed by atoms with Crippen molar-refractivity contribution in [2.75, 3.05) is 11.9 Å². The first-order chi connectivity index (χ1) is 6.72. The van der Waals surface area contributed by atoms with Crippen LogP contribution >= 0.6 is 0 Å². The molecular weight excluding hydrogens is 178 g/mol. The quantitative estimate of drug-likeness (QED) is 0.744. The van der Waals surface area contributed by atoms with Crippen molar-refractivity contribution in [2.45, 2.75) is 32.7 Å². The minimum absolute atomic E-state index is 0.237. The van der Waals surface area contributed by atoms with E-state index in [4.69, 9.17) is 5.11 Å². The van der Waals surface area contributed by atoms with E-state index in [2.05, 4.69) is 22.2 Å². The highest BCUT2D eigenvalue weighted by Gasteiger charge is 2.02. The number of rotatable bonds is 5. The van der Waals surface area contributed by atoms with Gasteiger partial charge in [-0.3, -0.25) is 0 Å². The Hall–Kier alpha value is -1.16. The molecule has 0 radical (unpaired) electrons. The molecule has 0 amide bonds. The van der Waals surface area contributed by atoms with Gasteiger partial charge in [0.15, 0.2) is 0 Å². The molecular formula is C10H17N3O. The van der Waals surface area contributed by atoms with Gasteiger partial charge in [-0.2, -0.15) is 0 Å². The van der Waals surface area contributed by atoms with Gasteiger partial charge >= 0.3 is 0 Å². The molecule has 0 aliphatic heterocycles. The molecule has 1 aromatic rings. The Labute approximate surface area is 84.4 Å². The number of hydrogen-bond donors (Lipinski definition) is 2. The Kier molecular flexibility index (Phi) is 4.32. The molecule has 4 heteroatoms. The van der Waals surface area contributed by atoms with E-state index in [0.29, 0.717) is 12.0 Å².